The minimum absolute atomic E-state index is 0.0235. The zero-order valence-electron chi connectivity index (χ0n) is 13.9. The number of hydrogen-bond acceptors (Lipinski definition) is 3. The van der Waals surface area contributed by atoms with Crippen molar-refractivity contribution >= 4 is 5.91 Å². The lowest BCUT2D eigenvalue weighted by Gasteiger charge is -2.39. The number of benzene rings is 1. The van der Waals surface area contributed by atoms with Gasteiger partial charge in [-0.05, 0) is 49.3 Å². The third-order valence-corrected chi connectivity index (χ3v) is 5.92. The van der Waals surface area contributed by atoms with E-state index in [4.69, 9.17) is 0 Å². The van der Waals surface area contributed by atoms with E-state index >= 15 is 0 Å². The lowest BCUT2D eigenvalue weighted by Crippen LogP contribution is -2.54. The van der Waals surface area contributed by atoms with Crippen molar-refractivity contribution in [1.29, 1.82) is 0 Å². The maximum Gasteiger partial charge on any atom is 0.226 e. The molecule has 2 aliphatic carbocycles. The summed E-state index contributed by atoms with van der Waals surface area (Å²) in [5, 5.41) is 10.0. The summed E-state index contributed by atoms with van der Waals surface area (Å²) in [5.74, 6) is 0.198. The van der Waals surface area contributed by atoms with Crippen LogP contribution in [0.1, 0.15) is 37.2 Å². The van der Waals surface area contributed by atoms with Gasteiger partial charge in [-0.1, -0.05) is 12.1 Å². The van der Waals surface area contributed by atoms with Gasteiger partial charge in [-0.15, -0.1) is 0 Å². The molecule has 130 valence electrons. The van der Waals surface area contributed by atoms with E-state index in [0.717, 1.165) is 57.4 Å². The maximum absolute atomic E-state index is 13.3. The Kier molecular flexibility index (Phi) is 4.31. The van der Waals surface area contributed by atoms with E-state index in [2.05, 4.69) is 4.90 Å². The molecule has 3 aliphatic rings. The SMILES string of the molecule is O=C([C@@H]1C[C@@H]1c1cccc(F)c1)N1CCN([C@@H]2CCC[C@@H]2O)CC1. The molecule has 4 rings (SSSR count). The molecular formula is C19H25FN2O2. The Morgan fingerprint density at radius 2 is 1.96 bits per heavy atom. The summed E-state index contributed by atoms with van der Waals surface area (Å²) in [6, 6.07) is 6.91. The fraction of sp³-hybridized carbons (Fsp3) is 0.632. The number of carbonyl (C=O) groups excluding carboxylic acids is 1. The lowest BCUT2D eigenvalue weighted by molar-refractivity contribution is -0.135. The molecule has 1 amide bonds. The van der Waals surface area contributed by atoms with Gasteiger partial charge < -0.3 is 10.0 Å². The summed E-state index contributed by atoms with van der Waals surface area (Å²) in [6.45, 7) is 3.19. The van der Waals surface area contributed by atoms with Crippen molar-refractivity contribution in [2.75, 3.05) is 26.2 Å². The summed E-state index contributed by atoms with van der Waals surface area (Å²) in [6.07, 6.45) is 3.71. The molecule has 5 heteroatoms. The molecule has 0 unspecified atom stereocenters. The Bertz CT molecular complexity index is 615. The standard InChI is InChI=1S/C19H25FN2O2/c20-14-4-1-3-13(11-14)15-12-16(15)19(24)22-9-7-21(8-10-22)17-5-2-6-18(17)23/h1,3-4,11,15-18,23H,2,5-10,12H2/t15-,16-,17-,18+/m1/s1. The molecule has 0 bridgehead atoms. The van der Waals surface area contributed by atoms with Crippen LogP contribution in [0.2, 0.25) is 0 Å². The van der Waals surface area contributed by atoms with Gasteiger partial charge >= 0.3 is 0 Å². The molecule has 0 radical (unpaired) electrons. The molecule has 0 aromatic heterocycles. The number of hydrogen-bond donors (Lipinski definition) is 1. The Balaban J connectivity index is 1.31. The van der Waals surface area contributed by atoms with Crippen molar-refractivity contribution in [1.82, 2.24) is 9.80 Å². The van der Waals surface area contributed by atoms with E-state index in [1.807, 2.05) is 11.0 Å². The molecule has 1 heterocycles. The minimum atomic E-state index is -0.227. The maximum atomic E-state index is 13.3. The Morgan fingerprint density at radius 1 is 1.17 bits per heavy atom. The molecule has 1 saturated heterocycles. The third kappa shape index (κ3) is 3.07. The van der Waals surface area contributed by atoms with Crippen LogP contribution in [0.4, 0.5) is 4.39 Å². The van der Waals surface area contributed by atoms with E-state index in [0.29, 0.717) is 0 Å². The number of piperazine rings is 1. The van der Waals surface area contributed by atoms with Crippen LogP contribution in [0.15, 0.2) is 24.3 Å². The van der Waals surface area contributed by atoms with Crippen molar-refractivity contribution in [3.8, 4) is 0 Å². The predicted octanol–water partition coefficient (Wildman–Crippen LogP) is 1.99. The van der Waals surface area contributed by atoms with E-state index in [-0.39, 0.29) is 35.7 Å². The molecule has 1 aromatic rings. The highest BCUT2D eigenvalue weighted by atomic mass is 19.1. The molecule has 0 spiro atoms. The van der Waals surface area contributed by atoms with Gasteiger partial charge in [0, 0.05) is 38.1 Å². The Hall–Kier alpha value is -1.46. The number of halogens is 1. The summed E-state index contributed by atoms with van der Waals surface area (Å²) >= 11 is 0. The van der Waals surface area contributed by atoms with Crippen molar-refractivity contribution in [3.63, 3.8) is 0 Å². The number of nitrogens with zero attached hydrogens (tertiary/aromatic N) is 2. The molecule has 1 aliphatic heterocycles. The van der Waals surface area contributed by atoms with Crippen LogP contribution in [-0.4, -0.2) is 59.1 Å². The van der Waals surface area contributed by atoms with Gasteiger partial charge in [-0.3, -0.25) is 9.69 Å². The normalized spacial score (nSPS) is 33.7. The number of carbonyl (C=O) groups is 1. The van der Waals surface area contributed by atoms with Gasteiger partial charge in [0.2, 0.25) is 5.91 Å². The van der Waals surface area contributed by atoms with Crippen molar-refractivity contribution < 1.29 is 14.3 Å². The first kappa shape index (κ1) is 16.0. The van der Waals surface area contributed by atoms with Crippen molar-refractivity contribution in [2.45, 2.75) is 43.7 Å². The monoisotopic (exact) mass is 332 g/mol. The largest absolute Gasteiger partial charge is 0.391 e. The number of rotatable bonds is 3. The highest BCUT2D eigenvalue weighted by molar-refractivity contribution is 5.83. The topological polar surface area (TPSA) is 43.8 Å². The predicted molar refractivity (Wildman–Crippen MR) is 89.0 cm³/mol. The average Bonchev–Trinajstić information content (AvgIpc) is 3.29. The average molecular weight is 332 g/mol. The van der Waals surface area contributed by atoms with Crippen molar-refractivity contribution in [2.24, 2.45) is 5.92 Å². The number of amides is 1. The quantitative estimate of drug-likeness (QED) is 0.921. The summed E-state index contributed by atoms with van der Waals surface area (Å²) < 4.78 is 13.3. The smallest absolute Gasteiger partial charge is 0.226 e. The molecule has 4 atom stereocenters. The Morgan fingerprint density at radius 3 is 2.62 bits per heavy atom. The summed E-state index contributed by atoms with van der Waals surface area (Å²) in [5.41, 5.74) is 0.945. The zero-order chi connectivity index (χ0) is 16.7. The van der Waals surface area contributed by atoms with Crippen LogP contribution >= 0.6 is 0 Å². The van der Waals surface area contributed by atoms with E-state index < -0.39 is 0 Å². The van der Waals surface area contributed by atoms with Crippen LogP contribution in [0.5, 0.6) is 0 Å². The molecule has 3 fully saturated rings. The van der Waals surface area contributed by atoms with Gasteiger partial charge in [0.05, 0.1) is 6.10 Å². The molecule has 1 N–H and O–H groups in total. The second-order valence-corrected chi connectivity index (χ2v) is 7.43. The minimum Gasteiger partial charge on any atom is -0.391 e. The number of aliphatic hydroxyl groups excluding tert-OH is 1. The Labute approximate surface area is 142 Å². The van der Waals surface area contributed by atoms with Crippen LogP contribution in [0, 0.1) is 11.7 Å². The summed E-state index contributed by atoms with van der Waals surface area (Å²) in [7, 11) is 0. The summed E-state index contributed by atoms with van der Waals surface area (Å²) in [4.78, 5) is 17.0. The van der Waals surface area contributed by atoms with Crippen LogP contribution in [0.25, 0.3) is 0 Å². The van der Waals surface area contributed by atoms with Gasteiger partial charge in [0.1, 0.15) is 5.82 Å². The molecule has 24 heavy (non-hydrogen) atoms. The highest BCUT2D eigenvalue weighted by Gasteiger charge is 2.46. The van der Waals surface area contributed by atoms with E-state index in [1.165, 1.54) is 6.07 Å². The van der Waals surface area contributed by atoms with Crippen LogP contribution in [0.3, 0.4) is 0 Å². The fourth-order valence-electron chi connectivity index (χ4n) is 4.43. The molecule has 1 aromatic carbocycles. The zero-order valence-corrected chi connectivity index (χ0v) is 13.9. The highest BCUT2D eigenvalue weighted by Crippen LogP contribution is 2.48. The molecule has 4 nitrogen and oxygen atoms in total. The number of aliphatic hydroxyl groups is 1. The van der Waals surface area contributed by atoms with E-state index in [1.54, 1.807) is 12.1 Å². The van der Waals surface area contributed by atoms with Gasteiger partial charge in [0.15, 0.2) is 0 Å². The first-order chi connectivity index (χ1) is 11.6. The van der Waals surface area contributed by atoms with E-state index in [9.17, 15) is 14.3 Å². The lowest BCUT2D eigenvalue weighted by atomic mass is 10.1. The van der Waals surface area contributed by atoms with Gasteiger partial charge in [0.25, 0.3) is 0 Å². The molecule has 2 saturated carbocycles. The second-order valence-electron chi connectivity index (χ2n) is 7.43. The fourth-order valence-corrected chi connectivity index (χ4v) is 4.43. The van der Waals surface area contributed by atoms with Gasteiger partial charge in [-0.25, -0.2) is 4.39 Å². The van der Waals surface area contributed by atoms with Gasteiger partial charge in [-0.2, -0.15) is 0 Å². The second kappa shape index (κ2) is 6.45. The first-order valence-corrected chi connectivity index (χ1v) is 9.10. The third-order valence-electron chi connectivity index (χ3n) is 5.92. The van der Waals surface area contributed by atoms with Crippen LogP contribution < -0.4 is 0 Å². The van der Waals surface area contributed by atoms with Crippen LogP contribution in [-0.2, 0) is 4.79 Å². The van der Waals surface area contributed by atoms with Crippen molar-refractivity contribution in [3.05, 3.63) is 35.6 Å². The first-order valence-electron chi connectivity index (χ1n) is 9.10. The molecular weight excluding hydrogens is 307 g/mol.